The van der Waals surface area contributed by atoms with Gasteiger partial charge in [0, 0.05) is 10.6 Å². The van der Waals surface area contributed by atoms with Crippen molar-refractivity contribution in [1.29, 1.82) is 0 Å². The molecule has 3 heterocycles. The summed E-state index contributed by atoms with van der Waals surface area (Å²) in [4.78, 5) is 10.9. The van der Waals surface area contributed by atoms with E-state index in [4.69, 9.17) is 0 Å². The van der Waals surface area contributed by atoms with Crippen LogP contribution in [-0.4, -0.2) is 14.4 Å². The Bertz CT molecular complexity index is 725. The monoisotopic (exact) mass is 261 g/mol. The zero-order valence-corrected chi connectivity index (χ0v) is 11.2. The van der Waals surface area contributed by atoms with Gasteiger partial charge in [-0.1, -0.05) is 0 Å². The van der Waals surface area contributed by atoms with E-state index in [-0.39, 0.29) is 5.82 Å². The maximum absolute atomic E-state index is 12.9. The number of aromatic nitrogens is 3. The molecule has 3 rings (SSSR count). The van der Waals surface area contributed by atoms with E-state index in [1.165, 1.54) is 22.8 Å². The predicted octanol–water partition coefficient (Wildman–Crippen LogP) is 3.52. The number of halogens is 1. The summed E-state index contributed by atoms with van der Waals surface area (Å²) in [6, 6.07) is 3.07. The van der Waals surface area contributed by atoms with Crippen LogP contribution < -0.4 is 0 Å². The van der Waals surface area contributed by atoms with E-state index in [9.17, 15) is 4.39 Å². The van der Waals surface area contributed by atoms with Crippen molar-refractivity contribution in [3.8, 4) is 11.4 Å². The van der Waals surface area contributed by atoms with Crippen molar-refractivity contribution in [2.75, 3.05) is 0 Å². The van der Waals surface area contributed by atoms with Gasteiger partial charge < -0.3 is 0 Å². The van der Waals surface area contributed by atoms with Gasteiger partial charge in [-0.2, -0.15) is 0 Å². The van der Waals surface area contributed by atoms with Crippen LogP contribution in [-0.2, 0) is 0 Å². The molecule has 0 atom stereocenters. The van der Waals surface area contributed by atoms with E-state index in [1.807, 2.05) is 6.92 Å². The zero-order chi connectivity index (χ0) is 12.9. The first-order chi connectivity index (χ1) is 8.58. The van der Waals surface area contributed by atoms with Crippen molar-refractivity contribution in [2.45, 2.75) is 20.8 Å². The molecule has 0 spiro atoms. The Hall–Kier alpha value is -1.75. The Morgan fingerprint density at radius 3 is 2.56 bits per heavy atom. The number of hydrogen-bond donors (Lipinski definition) is 0. The molecule has 0 aliphatic rings. The van der Waals surface area contributed by atoms with Gasteiger partial charge in [0.05, 0.1) is 17.6 Å². The molecule has 0 aliphatic heterocycles. The van der Waals surface area contributed by atoms with Crippen LogP contribution in [0.5, 0.6) is 0 Å². The first-order valence-electron chi connectivity index (χ1n) is 5.65. The van der Waals surface area contributed by atoms with Gasteiger partial charge in [-0.3, -0.25) is 9.38 Å². The number of hydrogen-bond acceptors (Lipinski definition) is 3. The fourth-order valence-corrected chi connectivity index (χ4v) is 3.08. The van der Waals surface area contributed by atoms with E-state index >= 15 is 0 Å². The molecular weight excluding hydrogens is 249 g/mol. The lowest BCUT2D eigenvalue weighted by molar-refractivity contribution is 0.622. The summed E-state index contributed by atoms with van der Waals surface area (Å²) in [5.74, 6) is -0.329. The lowest BCUT2D eigenvalue weighted by Gasteiger charge is -1.99. The second kappa shape index (κ2) is 3.88. The van der Waals surface area contributed by atoms with Crippen molar-refractivity contribution in [3.05, 3.63) is 40.4 Å². The van der Waals surface area contributed by atoms with Crippen LogP contribution in [0.25, 0.3) is 16.3 Å². The van der Waals surface area contributed by atoms with Crippen molar-refractivity contribution >= 4 is 16.3 Å². The maximum atomic E-state index is 12.9. The molecule has 0 amide bonds. The quantitative estimate of drug-likeness (QED) is 0.671. The van der Waals surface area contributed by atoms with Gasteiger partial charge in [0.15, 0.2) is 4.96 Å². The van der Waals surface area contributed by atoms with Gasteiger partial charge in [-0.05, 0) is 32.9 Å². The third-order valence-electron chi connectivity index (χ3n) is 3.14. The van der Waals surface area contributed by atoms with Gasteiger partial charge >= 0.3 is 0 Å². The molecule has 0 unspecified atom stereocenters. The molecule has 0 radical (unpaired) electrons. The van der Waals surface area contributed by atoms with Crippen LogP contribution in [0.3, 0.4) is 0 Å². The Labute approximate surface area is 108 Å². The lowest BCUT2D eigenvalue weighted by atomic mass is 10.2. The summed E-state index contributed by atoms with van der Waals surface area (Å²) >= 11 is 1.66. The second-order valence-corrected chi connectivity index (χ2v) is 5.45. The van der Waals surface area contributed by atoms with E-state index < -0.39 is 0 Å². The average Bonchev–Trinajstić information content (AvgIpc) is 2.80. The fourth-order valence-electron chi connectivity index (χ4n) is 2.07. The summed E-state index contributed by atoms with van der Waals surface area (Å²) in [5.41, 5.74) is 3.78. The smallest absolute Gasteiger partial charge is 0.194 e. The molecule has 0 saturated carbocycles. The Morgan fingerprint density at radius 1 is 1.17 bits per heavy atom. The average molecular weight is 261 g/mol. The number of thiazole rings is 1. The van der Waals surface area contributed by atoms with Gasteiger partial charge in [0.1, 0.15) is 11.5 Å². The highest BCUT2D eigenvalue weighted by atomic mass is 32.1. The summed E-state index contributed by atoms with van der Waals surface area (Å²) in [6.07, 6.45) is 1.22. The molecule has 18 heavy (non-hydrogen) atoms. The standard InChI is InChI=1S/C13H12FN3S/c1-7-9(3)18-13-16-12(8(2)17(7)13)11-5-4-10(14)6-15-11/h4-6H,1-3H3. The molecule has 5 heteroatoms. The van der Waals surface area contributed by atoms with Crippen LogP contribution in [0.4, 0.5) is 4.39 Å². The first-order valence-corrected chi connectivity index (χ1v) is 6.46. The largest absolute Gasteiger partial charge is 0.291 e. The first kappa shape index (κ1) is 11.3. The summed E-state index contributed by atoms with van der Waals surface area (Å²) in [6.45, 7) is 6.18. The number of nitrogens with zero attached hydrogens (tertiary/aromatic N) is 3. The van der Waals surface area contributed by atoms with Crippen LogP contribution >= 0.6 is 11.3 Å². The third-order valence-corrected chi connectivity index (χ3v) is 4.19. The molecule has 0 aromatic carbocycles. The van der Waals surface area contributed by atoms with Crippen LogP contribution in [0.1, 0.15) is 16.3 Å². The summed E-state index contributed by atoms with van der Waals surface area (Å²) in [7, 11) is 0. The molecule has 0 aliphatic carbocycles. The molecular formula is C13H12FN3S. The van der Waals surface area contributed by atoms with E-state index in [0.717, 1.165) is 16.3 Å². The molecule has 3 aromatic rings. The topological polar surface area (TPSA) is 30.2 Å². The number of rotatable bonds is 1. The number of imidazole rings is 1. The number of fused-ring (bicyclic) bond motifs is 1. The van der Waals surface area contributed by atoms with Crippen LogP contribution in [0, 0.1) is 26.6 Å². The van der Waals surface area contributed by atoms with Crippen molar-refractivity contribution < 1.29 is 4.39 Å². The van der Waals surface area contributed by atoms with E-state index in [2.05, 4.69) is 28.2 Å². The van der Waals surface area contributed by atoms with Crippen molar-refractivity contribution in [1.82, 2.24) is 14.4 Å². The molecule has 0 bridgehead atoms. The molecule has 0 saturated heterocycles. The fraction of sp³-hybridized carbons (Fsp3) is 0.231. The van der Waals surface area contributed by atoms with E-state index in [0.29, 0.717) is 5.69 Å². The third kappa shape index (κ3) is 1.54. The normalized spacial score (nSPS) is 11.3. The highest BCUT2D eigenvalue weighted by Gasteiger charge is 2.15. The minimum Gasteiger partial charge on any atom is -0.291 e. The molecule has 3 nitrogen and oxygen atoms in total. The molecule has 0 N–H and O–H groups in total. The maximum Gasteiger partial charge on any atom is 0.194 e. The molecule has 0 fully saturated rings. The van der Waals surface area contributed by atoms with Gasteiger partial charge in [-0.15, -0.1) is 11.3 Å². The van der Waals surface area contributed by atoms with Gasteiger partial charge in [-0.25, -0.2) is 9.37 Å². The number of pyridine rings is 1. The van der Waals surface area contributed by atoms with Gasteiger partial charge in [0.25, 0.3) is 0 Å². The van der Waals surface area contributed by atoms with Gasteiger partial charge in [0.2, 0.25) is 0 Å². The predicted molar refractivity (Wildman–Crippen MR) is 70.5 cm³/mol. The lowest BCUT2D eigenvalue weighted by Crippen LogP contribution is -1.91. The molecule has 92 valence electrons. The second-order valence-electron chi connectivity index (χ2n) is 4.27. The Balaban J connectivity index is 2.24. The Morgan fingerprint density at radius 2 is 1.94 bits per heavy atom. The van der Waals surface area contributed by atoms with Crippen molar-refractivity contribution in [2.24, 2.45) is 0 Å². The van der Waals surface area contributed by atoms with E-state index in [1.54, 1.807) is 17.4 Å². The number of aryl methyl sites for hydroxylation is 3. The highest BCUT2D eigenvalue weighted by molar-refractivity contribution is 7.17. The Kier molecular flexibility index (Phi) is 2.45. The summed E-state index contributed by atoms with van der Waals surface area (Å²) in [5, 5.41) is 0. The zero-order valence-electron chi connectivity index (χ0n) is 10.4. The van der Waals surface area contributed by atoms with Crippen LogP contribution in [0.2, 0.25) is 0 Å². The SMILES string of the molecule is Cc1sc2nc(-c3ccc(F)cn3)c(C)n2c1C. The summed E-state index contributed by atoms with van der Waals surface area (Å²) < 4.78 is 15.0. The van der Waals surface area contributed by atoms with Crippen molar-refractivity contribution in [3.63, 3.8) is 0 Å². The molecule has 3 aromatic heterocycles. The minimum atomic E-state index is -0.329. The van der Waals surface area contributed by atoms with Crippen LogP contribution in [0.15, 0.2) is 18.3 Å². The minimum absolute atomic E-state index is 0.329. The highest BCUT2D eigenvalue weighted by Crippen LogP contribution is 2.29.